The Morgan fingerprint density at radius 3 is 2.37 bits per heavy atom. The van der Waals surface area contributed by atoms with Crippen LogP contribution in [0.2, 0.25) is 0 Å². The zero-order chi connectivity index (χ0) is 22.1. The van der Waals surface area contributed by atoms with Crippen molar-refractivity contribution in [3.05, 3.63) is 58.1 Å². The molecule has 0 bridgehead atoms. The Kier molecular flexibility index (Phi) is 9.29. The first-order valence-electron chi connectivity index (χ1n) is 9.62. The van der Waals surface area contributed by atoms with Crippen LogP contribution in [0.5, 0.6) is 5.75 Å². The molecular formula is C21H27BrN2O5S. The third kappa shape index (κ3) is 6.80. The van der Waals surface area contributed by atoms with Gasteiger partial charge in [-0.25, -0.2) is 17.9 Å². The van der Waals surface area contributed by atoms with Gasteiger partial charge in [0, 0.05) is 17.6 Å². The fraction of sp³-hybridized carbons (Fsp3) is 0.381. The number of likely N-dealkylation sites (N-methyl/N-ethyl adjacent to an activating group) is 1. The molecule has 0 aliphatic heterocycles. The minimum atomic E-state index is -3.79. The quantitative estimate of drug-likeness (QED) is 0.477. The maximum absolute atomic E-state index is 12.6. The van der Waals surface area contributed by atoms with Crippen LogP contribution in [0.15, 0.2) is 51.8 Å². The van der Waals surface area contributed by atoms with Crippen LogP contribution in [0.1, 0.15) is 29.8 Å². The number of carbonyl (C=O) groups excluding carboxylic acids is 1. The summed E-state index contributed by atoms with van der Waals surface area (Å²) in [4.78, 5) is 14.1. The number of ether oxygens (including phenoxy) is 2. The van der Waals surface area contributed by atoms with E-state index in [9.17, 15) is 13.2 Å². The Morgan fingerprint density at radius 2 is 1.77 bits per heavy atom. The number of nitrogens with one attached hydrogen (secondary N) is 1. The molecule has 0 aliphatic carbocycles. The lowest BCUT2D eigenvalue weighted by Crippen LogP contribution is -2.27. The Hall–Kier alpha value is -1.94. The maximum Gasteiger partial charge on any atom is 0.339 e. The van der Waals surface area contributed by atoms with Crippen molar-refractivity contribution in [3.8, 4) is 5.75 Å². The smallest absolute Gasteiger partial charge is 0.339 e. The molecule has 0 spiro atoms. The summed E-state index contributed by atoms with van der Waals surface area (Å²) >= 11 is 3.22. The van der Waals surface area contributed by atoms with Gasteiger partial charge in [-0.15, -0.1) is 0 Å². The van der Waals surface area contributed by atoms with Gasteiger partial charge in [0.25, 0.3) is 0 Å². The number of benzene rings is 2. The van der Waals surface area contributed by atoms with Crippen LogP contribution in [0.25, 0.3) is 0 Å². The van der Waals surface area contributed by atoms with Gasteiger partial charge in [0.1, 0.15) is 12.4 Å². The van der Waals surface area contributed by atoms with Gasteiger partial charge >= 0.3 is 5.97 Å². The summed E-state index contributed by atoms with van der Waals surface area (Å²) in [5.41, 5.74) is 0.937. The van der Waals surface area contributed by atoms with Crippen molar-refractivity contribution in [2.24, 2.45) is 0 Å². The molecule has 0 saturated carbocycles. The van der Waals surface area contributed by atoms with Crippen LogP contribution in [0.4, 0.5) is 0 Å². The average molecular weight is 499 g/mol. The molecule has 0 amide bonds. The van der Waals surface area contributed by atoms with Gasteiger partial charge in [0.15, 0.2) is 0 Å². The number of carbonyl (C=O) groups is 1. The number of methoxy groups -OCH3 is 1. The summed E-state index contributed by atoms with van der Waals surface area (Å²) in [6.45, 7) is 7.77. The average Bonchev–Trinajstić information content (AvgIpc) is 2.76. The van der Waals surface area contributed by atoms with Crippen LogP contribution in [-0.4, -0.2) is 52.6 Å². The molecule has 1 N–H and O–H groups in total. The summed E-state index contributed by atoms with van der Waals surface area (Å²) in [7, 11) is -2.55. The lowest BCUT2D eigenvalue weighted by Gasteiger charge is -2.18. The highest BCUT2D eigenvalue weighted by Gasteiger charge is 2.18. The molecule has 7 nitrogen and oxygen atoms in total. The predicted octanol–water partition coefficient (Wildman–Crippen LogP) is 3.43. The summed E-state index contributed by atoms with van der Waals surface area (Å²) in [5, 5.41) is 0. The van der Waals surface area contributed by atoms with Gasteiger partial charge < -0.3 is 14.4 Å². The first kappa shape index (κ1) is 24.3. The third-order valence-corrected chi connectivity index (χ3v) is 6.70. The predicted molar refractivity (Wildman–Crippen MR) is 119 cm³/mol. The van der Waals surface area contributed by atoms with Crippen molar-refractivity contribution in [2.45, 2.75) is 25.3 Å². The van der Waals surface area contributed by atoms with Crippen LogP contribution >= 0.6 is 15.9 Å². The van der Waals surface area contributed by atoms with Gasteiger partial charge in [0.2, 0.25) is 10.0 Å². The lowest BCUT2D eigenvalue weighted by molar-refractivity contribution is 0.0599. The Labute approximate surface area is 186 Å². The molecule has 0 saturated heterocycles. The summed E-state index contributed by atoms with van der Waals surface area (Å²) in [6.07, 6.45) is 0. The number of halogens is 1. The Balaban J connectivity index is 1.97. The molecule has 0 atom stereocenters. The minimum Gasteiger partial charge on any atom is -0.492 e. The SMILES string of the molecule is CCN(CC)CCOc1ccc(CNS(=O)(=O)c2ccc(Br)c(C(=O)OC)c2)cc1. The first-order chi connectivity index (χ1) is 14.3. The van der Waals surface area contributed by atoms with E-state index < -0.39 is 16.0 Å². The highest BCUT2D eigenvalue weighted by molar-refractivity contribution is 9.10. The molecule has 2 aromatic rings. The molecule has 0 aromatic heterocycles. The highest BCUT2D eigenvalue weighted by atomic mass is 79.9. The zero-order valence-electron chi connectivity index (χ0n) is 17.4. The maximum atomic E-state index is 12.6. The van der Waals surface area contributed by atoms with Crippen molar-refractivity contribution in [3.63, 3.8) is 0 Å². The summed E-state index contributed by atoms with van der Waals surface area (Å²) in [6, 6.07) is 11.5. The zero-order valence-corrected chi connectivity index (χ0v) is 19.8. The van der Waals surface area contributed by atoms with Gasteiger partial charge in [0.05, 0.1) is 17.6 Å². The second kappa shape index (κ2) is 11.5. The van der Waals surface area contributed by atoms with E-state index in [-0.39, 0.29) is 17.0 Å². The molecule has 0 fully saturated rings. The Morgan fingerprint density at radius 1 is 1.10 bits per heavy atom. The number of hydrogen-bond acceptors (Lipinski definition) is 6. The number of rotatable bonds is 11. The molecule has 9 heteroatoms. The van der Waals surface area contributed by atoms with E-state index >= 15 is 0 Å². The van der Waals surface area contributed by atoms with E-state index in [1.165, 1.54) is 25.3 Å². The minimum absolute atomic E-state index is 0.0116. The monoisotopic (exact) mass is 498 g/mol. The number of esters is 1. The molecular weight excluding hydrogens is 472 g/mol. The van der Waals surface area contributed by atoms with Gasteiger partial charge in [-0.05, 0) is 64.9 Å². The van der Waals surface area contributed by atoms with Crippen molar-refractivity contribution in [1.29, 1.82) is 0 Å². The molecule has 2 rings (SSSR count). The van der Waals surface area contributed by atoms with Crippen molar-refractivity contribution < 1.29 is 22.7 Å². The normalized spacial score (nSPS) is 11.5. The summed E-state index contributed by atoms with van der Waals surface area (Å²) < 4.78 is 38.6. The van der Waals surface area contributed by atoms with E-state index in [0.29, 0.717) is 11.1 Å². The third-order valence-electron chi connectivity index (χ3n) is 4.61. The van der Waals surface area contributed by atoms with Crippen LogP contribution < -0.4 is 9.46 Å². The van der Waals surface area contributed by atoms with Gasteiger partial charge in [-0.2, -0.15) is 0 Å². The lowest BCUT2D eigenvalue weighted by atomic mass is 10.2. The molecule has 0 radical (unpaired) electrons. The largest absolute Gasteiger partial charge is 0.492 e. The fourth-order valence-electron chi connectivity index (χ4n) is 2.74. The molecule has 164 valence electrons. The van der Waals surface area contributed by atoms with Crippen LogP contribution in [0, 0.1) is 0 Å². The van der Waals surface area contributed by atoms with E-state index in [1.807, 2.05) is 24.3 Å². The van der Waals surface area contributed by atoms with Crippen LogP contribution in [-0.2, 0) is 21.3 Å². The molecule has 2 aromatic carbocycles. The van der Waals surface area contributed by atoms with Crippen LogP contribution in [0.3, 0.4) is 0 Å². The first-order valence-corrected chi connectivity index (χ1v) is 11.9. The van der Waals surface area contributed by atoms with E-state index in [2.05, 4.69) is 44.1 Å². The number of sulfonamides is 1. The molecule has 0 unspecified atom stereocenters. The van der Waals surface area contributed by atoms with E-state index in [0.717, 1.165) is 30.9 Å². The Bertz CT molecular complexity index is 944. The standard InChI is InChI=1S/C21H27BrN2O5S/c1-4-24(5-2)12-13-29-17-8-6-16(7-9-17)15-23-30(26,27)18-10-11-20(22)19(14-18)21(25)28-3/h6-11,14,23H,4-5,12-13,15H2,1-3H3. The molecule has 30 heavy (non-hydrogen) atoms. The van der Waals surface area contributed by atoms with Crippen molar-refractivity contribution >= 4 is 31.9 Å². The topological polar surface area (TPSA) is 84.9 Å². The fourth-order valence-corrected chi connectivity index (χ4v) is 4.19. The highest BCUT2D eigenvalue weighted by Crippen LogP contribution is 2.22. The molecule has 0 aliphatic rings. The van der Waals surface area contributed by atoms with E-state index in [1.54, 1.807) is 0 Å². The summed E-state index contributed by atoms with van der Waals surface area (Å²) in [5.74, 6) is 0.125. The molecule has 0 heterocycles. The number of hydrogen-bond donors (Lipinski definition) is 1. The second-order valence-corrected chi connectivity index (χ2v) is 9.10. The number of nitrogens with zero attached hydrogens (tertiary/aromatic N) is 1. The van der Waals surface area contributed by atoms with Gasteiger partial charge in [-0.3, -0.25) is 0 Å². The van der Waals surface area contributed by atoms with Crippen molar-refractivity contribution in [2.75, 3.05) is 33.4 Å². The van der Waals surface area contributed by atoms with Gasteiger partial charge in [-0.1, -0.05) is 26.0 Å². The second-order valence-electron chi connectivity index (χ2n) is 6.48. The van der Waals surface area contributed by atoms with Crippen molar-refractivity contribution in [1.82, 2.24) is 9.62 Å². The van der Waals surface area contributed by atoms with E-state index in [4.69, 9.17) is 4.74 Å².